The number of amides is 1. The number of halogens is 1. The number of nitrogens with one attached hydrogen (secondary N) is 1. The summed E-state index contributed by atoms with van der Waals surface area (Å²) in [7, 11) is 0. The molecule has 0 saturated carbocycles. The molecule has 1 atom stereocenters. The lowest BCUT2D eigenvalue weighted by Gasteiger charge is -2.13. The molecule has 0 saturated heterocycles. The van der Waals surface area contributed by atoms with Crippen molar-refractivity contribution in [3.05, 3.63) is 28.3 Å². The molecule has 0 bridgehead atoms. The van der Waals surface area contributed by atoms with Crippen LogP contribution in [0, 0.1) is 0 Å². The van der Waals surface area contributed by atoms with Crippen LogP contribution in [0.3, 0.4) is 0 Å². The number of carboxylic acids is 1. The lowest BCUT2D eigenvalue weighted by Crippen LogP contribution is -2.41. The minimum absolute atomic E-state index is 0.288. The smallest absolute Gasteiger partial charge is 0.327 e. The molecule has 1 aliphatic rings. The topological polar surface area (TPSA) is 75.6 Å². The summed E-state index contributed by atoms with van der Waals surface area (Å²) in [5, 5.41) is 12.1. The van der Waals surface area contributed by atoms with Crippen LogP contribution in [0.1, 0.15) is 18.1 Å². The van der Waals surface area contributed by atoms with Gasteiger partial charge in [0.05, 0.1) is 6.61 Å². The third-order valence-electron chi connectivity index (χ3n) is 3.04. The second-order valence-corrected chi connectivity index (χ2v) is 6.22. The monoisotopic (exact) mass is 329 g/mol. The highest BCUT2D eigenvalue weighted by Crippen LogP contribution is 2.34. The summed E-state index contributed by atoms with van der Waals surface area (Å²) >= 11 is 7.50. The van der Waals surface area contributed by atoms with E-state index in [4.69, 9.17) is 21.4 Å². The molecule has 1 aliphatic heterocycles. The van der Waals surface area contributed by atoms with E-state index in [2.05, 4.69) is 5.32 Å². The molecule has 1 aromatic carbocycles. The van der Waals surface area contributed by atoms with E-state index in [1.807, 2.05) is 12.1 Å². The van der Waals surface area contributed by atoms with Gasteiger partial charge in [0.1, 0.15) is 11.8 Å². The number of rotatable bonds is 6. The summed E-state index contributed by atoms with van der Waals surface area (Å²) in [5.74, 6) is 0.348. The summed E-state index contributed by atoms with van der Waals surface area (Å²) in [4.78, 5) is 22.0. The quantitative estimate of drug-likeness (QED) is 0.836. The normalized spacial score (nSPS) is 14.2. The molecule has 1 aromatic rings. The van der Waals surface area contributed by atoms with Crippen LogP contribution in [0.5, 0.6) is 5.75 Å². The molecule has 0 radical (unpaired) electrons. The molecular weight excluding hydrogens is 314 g/mol. The van der Waals surface area contributed by atoms with E-state index in [-0.39, 0.29) is 11.7 Å². The van der Waals surface area contributed by atoms with Gasteiger partial charge in [0.25, 0.3) is 0 Å². The molecule has 1 heterocycles. The minimum Gasteiger partial charge on any atom is -0.493 e. The fourth-order valence-corrected chi connectivity index (χ4v) is 3.44. The standard InChI is InChI=1S/C14H16ClNO4S/c1-8(17)16-12(14(18)19)7-21-6-10-5-11(15)4-9-2-3-20-13(9)10/h4-5,12H,2-3,6-7H2,1H3,(H,16,17)(H,18,19)/t12-/m0/s1. The van der Waals surface area contributed by atoms with Crippen molar-refractivity contribution in [1.29, 1.82) is 0 Å². The number of hydrogen-bond donors (Lipinski definition) is 2. The fourth-order valence-electron chi connectivity index (χ4n) is 2.16. The molecule has 1 amide bonds. The minimum atomic E-state index is -1.04. The number of thioether (sulfide) groups is 1. The average Bonchev–Trinajstić information content (AvgIpc) is 2.84. The summed E-state index contributed by atoms with van der Waals surface area (Å²) in [5.41, 5.74) is 2.06. The zero-order chi connectivity index (χ0) is 15.4. The number of carbonyl (C=O) groups is 2. The van der Waals surface area contributed by atoms with Crippen LogP contribution in [0.25, 0.3) is 0 Å². The Kier molecular flexibility index (Phi) is 5.36. The molecule has 2 rings (SSSR count). The van der Waals surface area contributed by atoms with Crippen LogP contribution in [0.4, 0.5) is 0 Å². The van der Waals surface area contributed by atoms with Crippen LogP contribution >= 0.6 is 23.4 Å². The summed E-state index contributed by atoms with van der Waals surface area (Å²) in [6.07, 6.45) is 0.844. The first-order chi connectivity index (χ1) is 9.97. The van der Waals surface area contributed by atoms with Crippen LogP contribution in [0.2, 0.25) is 5.02 Å². The SMILES string of the molecule is CC(=O)N[C@@H](CSCc1cc(Cl)cc2c1OCC2)C(=O)O. The molecule has 7 heteroatoms. The lowest BCUT2D eigenvalue weighted by atomic mass is 10.1. The molecule has 21 heavy (non-hydrogen) atoms. The Balaban J connectivity index is 1.97. The first-order valence-electron chi connectivity index (χ1n) is 6.49. The number of hydrogen-bond acceptors (Lipinski definition) is 4. The molecule has 5 nitrogen and oxygen atoms in total. The Labute approximate surface area is 132 Å². The van der Waals surface area contributed by atoms with Gasteiger partial charge in [-0.25, -0.2) is 4.79 Å². The highest BCUT2D eigenvalue weighted by Gasteiger charge is 2.20. The van der Waals surface area contributed by atoms with Crippen molar-refractivity contribution in [2.45, 2.75) is 25.1 Å². The molecule has 0 spiro atoms. The van der Waals surface area contributed by atoms with E-state index < -0.39 is 12.0 Å². The maximum Gasteiger partial charge on any atom is 0.327 e. The Morgan fingerprint density at radius 3 is 2.95 bits per heavy atom. The zero-order valence-electron chi connectivity index (χ0n) is 11.5. The predicted molar refractivity (Wildman–Crippen MR) is 82.1 cm³/mol. The second-order valence-electron chi connectivity index (χ2n) is 4.76. The van der Waals surface area contributed by atoms with E-state index in [1.54, 1.807) is 0 Å². The summed E-state index contributed by atoms with van der Waals surface area (Å²) < 4.78 is 5.60. The second kappa shape index (κ2) is 7.04. The van der Waals surface area contributed by atoms with Gasteiger partial charge in [0.15, 0.2) is 0 Å². The Morgan fingerprint density at radius 2 is 2.29 bits per heavy atom. The van der Waals surface area contributed by atoms with Crippen LogP contribution < -0.4 is 10.1 Å². The van der Waals surface area contributed by atoms with Crippen LogP contribution in [-0.4, -0.2) is 35.4 Å². The third kappa shape index (κ3) is 4.28. The van der Waals surface area contributed by atoms with E-state index in [9.17, 15) is 9.59 Å². The van der Waals surface area contributed by atoms with Crippen molar-refractivity contribution >= 4 is 35.2 Å². The predicted octanol–water partition coefficient (Wildman–Crippen LogP) is 2.10. The largest absolute Gasteiger partial charge is 0.493 e. The van der Waals surface area contributed by atoms with Gasteiger partial charge < -0.3 is 15.2 Å². The van der Waals surface area contributed by atoms with Gasteiger partial charge in [-0.1, -0.05) is 11.6 Å². The van der Waals surface area contributed by atoms with Gasteiger partial charge in [-0.2, -0.15) is 11.8 Å². The Bertz CT molecular complexity index is 564. The van der Waals surface area contributed by atoms with Crippen molar-refractivity contribution in [3.63, 3.8) is 0 Å². The van der Waals surface area contributed by atoms with Crippen molar-refractivity contribution in [1.82, 2.24) is 5.32 Å². The van der Waals surface area contributed by atoms with Crippen molar-refractivity contribution in [2.24, 2.45) is 0 Å². The van der Waals surface area contributed by atoms with E-state index in [0.29, 0.717) is 17.4 Å². The summed E-state index contributed by atoms with van der Waals surface area (Å²) in [6.45, 7) is 1.95. The first-order valence-corrected chi connectivity index (χ1v) is 8.02. The van der Waals surface area contributed by atoms with Gasteiger partial charge in [-0.3, -0.25) is 4.79 Å². The van der Waals surface area contributed by atoms with Gasteiger partial charge in [-0.05, 0) is 17.7 Å². The summed E-state index contributed by atoms with van der Waals surface area (Å²) in [6, 6.07) is 2.85. The van der Waals surface area contributed by atoms with Crippen molar-refractivity contribution in [2.75, 3.05) is 12.4 Å². The van der Waals surface area contributed by atoms with E-state index >= 15 is 0 Å². The molecule has 114 valence electrons. The maximum atomic E-state index is 11.0. The number of carboxylic acid groups (broad SMARTS) is 1. The highest BCUT2D eigenvalue weighted by atomic mass is 35.5. The highest BCUT2D eigenvalue weighted by molar-refractivity contribution is 7.98. The van der Waals surface area contributed by atoms with Gasteiger partial charge in [0, 0.05) is 35.4 Å². The fraction of sp³-hybridized carbons (Fsp3) is 0.429. The molecular formula is C14H16ClNO4S. The molecule has 2 N–H and O–H groups in total. The zero-order valence-corrected chi connectivity index (χ0v) is 13.1. The molecule has 0 fully saturated rings. The van der Waals surface area contributed by atoms with Gasteiger partial charge >= 0.3 is 5.97 Å². The van der Waals surface area contributed by atoms with Crippen LogP contribution in [-0.2, 0) is 21.8 Å². The molecule has 0 aromatic heterocycles. The Morgan fingerprint density at radius 1 is 1.52 bits per heavy atom. The maximum absolute atomic E-state index is 11.0. The number of fused-ring (bicyclic) bond motifs is 1. The number of carbonyl (C=O) groups excluding carboxylic acids is 1. The van der Waals surface area contributed by atoms with Gasteiger partial charge in [0.2, 0.25) is 5.91 Å². The van der Waals surface area contributed by atoms with Crippen molar-refractivity contribution in [3.8, 4) is 5.75 Å². The average molecular weight is 330 g/mol. The lowest BCUT2D eigenvalue weighted by molar-refractivity contribution is -0.140. The first kappa shape index (κ1) is 16.0. The van der Waals surface area contributed by atoms with E-state index in [1.165, 1.54) is 18.7 Å². The number of ether oxygens (including phenoxy) is 1. The third-order valence-corrected chi connectivity index (χ3v) is 4.35. The molecule has 0 aliphatic carbocycles. The number of aliphatic carboxylic acids is 1. The van der Waals surface area contributed by atoms with Crippen molar-refractivity contribution < 1.29 is 19.4 Å². The van der Waals surface area contributed by atoms with Gasteiger partial charge in [-0.15, -0.1) is 0 Å². The Hall–Kier alpha value is -1.40. The molecule has 0 unspecified atom stereocenters. The van der Waals surface area contributed by atoms with Crippen LogP contribution in [0.15, 0.2) is 12.1 Å². The number of benzene rings is 1. The van der Waals surface area contributed by atoms with E-state index in [0.717, 1.165) is 23.3 Å².